The Kier molecular flexibility index (Phi) is 4.58. The lowest BCUT2D eigenvalue weighted by Gasteiger charge is -2.59. The number of hydrogen-bond donors (Lipinski definition) is 1. The van der Waals surface area contributed by atoms with Crippen LogP contribution in [-0.4, -0.2) is 47.5 Å². The molecule has 27 heavy (non-hydrogen) atoms. The van der Waals surface area contributed by atoms with E-state index in [0.717, 1.165) is 31.5 Å². The number of carbonyl (C=O) groups excluding carboxylic acids is 2. The number of benzene rings is 1. The van der Waals surface area contributed by atoms with Gasteiger partial charge in [-0.3, -0.25) is 14.5 Å². The first-order chi connectivity index (χ1) is 13.0. The molecule has 1 N–H and O–H groups in total. The fourth-order valence-electron chi connectivity index (χ4n) is 5.73. The van der Waals surface area contributed by atoms with Gasteiger partial charge in [0.2, 0.25) is 0 Å². The average Bonchev–Trinajstić information content (AvgIpc) is 2.64. The molecule has 3 aliphatic rings. The Balaban J connectivity index is 1.78. The van der Waals surface area contributed by atoms with Crippen molar-refractivity contribution in [3.05, 3.63) is 42.0 Å². The van der Waals surface area contributed by atoms with Crippen LogP contribution < -0.4 is 0 Å². The molecular formula is C22H27NO4. The summed E-state index contributed by atoms with van der Waals surface area (Å²) in [7, 11) is 0. The Morgan fingerprint density at radius 1 is 1.48 bits per heavy atom. The fourth-order valence-corrected chi connectivity index (χ4v) is 5.73. The second-order valence-electron chi connectivity index (χ2n) is 8.09. The van der Waals surface area contributed by atoms with Gasteiger partial charge < -0.3 is 9.84 Å². The summed E-state index contributed by atoms with van der Waals surface area (Å²) in [6, 6.07) is 5.85. The third-order valence-electron chi connectivity index (χ3n) is 6.85. The Labute approximate surface area is 160 Å². The number of fused-ring (bicyclic) bond motifs is 1. The quantitative estimate of drug-likeness (QED) is 0.502. The van der Waals surface area contributed by atoms with Crippen molar-refractivity contribution in [3.63, 3.8) is 0 Å². The summed E-state index contributed by atoms with van der Waals surface area (Å²) in [5.74, 6) is -0.612. The number of hydrogen-bond acceptors (Lipinski definition) is 5. The van der Waals surface area contributed by atoms with Gasteiger partial charge in [-0.15, -0.1) is 6.58 Å². The molecule has 5 heteroatoms. The molecule has 0 amide bonds. The summed E-state index contributed by atoms with van der Waals surface area (Å²) >= 11 is 0. The number of phenols is 1. The highest BCUT2D eigenvalue weighted by Crippen LogP contribution is 2.56. The number of piperidine rings is 1. The Morgan fingerprint density at radius 3 is 3.04 bits per heavy atom. The van der Waals surface area contributed by atoms with Crippen LogP contribution in [0.25, 0.3) is 0 Å². The topological polar surface area (TPSA) is 66.8 Å². The zero-order chi connectivity index (χ0) is 19.2. The monoisotopic (exact) mass is 369 g/mol. The molecule has 1 saturated carbocycles. The van der Waals surface area contributed by atoms with Crippen LogP contribution in [0.1, 0.15) is 37.3 Å². The minimum atomic E-state index is -0.659. The van der Waals surface area contributed by atoms with Crippen molar-refractivity contribution in [1.29, 1.82) is 0 Å². The van der Waals surface area contributed by atoms with E-state index < -0.39 is 5.92 Å². The molecule has 2 fully saturated rings. The van der Waals surface area contributed by atoms with E-state index in [1.54, 1.807) is 13.0 Å². The lowest BCUT2D eigenvalue weighted by Crippen LogP contribution is -2.63. The van der Waals surface area contributed by atoms with Gasteiger partial charge in [0.15, 0.2) is 0 Å². The molecule has 0 radical (unpaired) electrons. The third kappa shape index (κ3) is 2.80. The molecule has 1 aromatic rings. The highest BCUT2D eigenvalue weighted by Gasteiger charge is 2.58. The number of Topliss-reactive ketones (excluding diaryl/α,β-unsaturated/α-hetero) is 1. The minimum absolute atomic E-state index is 0.0168. The smallest absolute Gasteiger partial charge is 0.316 e. The van der Waals surface area contributed by atoms with Gasteiger partial charge in [-0.05, 0) is 61.9 Å². The molecule has 2 aliphatic carbocycles. The predicted molar refractivity (Wildman–Crippen MR) is 102 cm³/mol. The van der Waals surface area contributed by atoms with Crippen molar-refractivity contribution in [2.45, 2.75) is 44.1 Å². The van der Waals surface area contributed by atoms with Crippen molar-refractivity contribution < 1.29 is 19.4 Å². The zero-order valence-electron chi connectivity index (χ0n) is 15.8. The number of esters is 1. The summed E-state index contributed by atoms with van der Waals surface area (Å²) in [5.41, 5.74) is 2.04. The van der Waals surface area contributed by atoms with E-state index in [-0.39, 0.29) is 34.9 Å². The van der Waals surface area contributed by atoms with E-state index in [9.17, 15) is 14.7 Å². The molecule has 4 atom stereocenters. The standard InChI is InChI=1S/C22H27NO4/c1-3-8-23-9-7-22-13-20(25)16(21(26)27-4-2)12-18(22)19(23)10-14-5-6-15(24)11-17(14)22/h3,5-6,11,16,18-19,24H,1,4,7-10,12-13H2,2H3/t16?,18-,19+,22+/m0/s1. The molecule has 1 unspecified atom stereocenters. The van der Waals surface area contributed by atoms with Gasteiger partial charge in [0.25, 0.3) is 0 Å². The van der Waals surface area contributed by atoms with E-state index in [1.807, 2.05) is 18.2 Å². The molecule has 0 spiro atoms. The number of phenolic OH excluding ortho intramolecular Hbond substituents is 1. The van der Waals surface area contributed by atoms with Crippen LogP contribution in [0, 0.1) is 11.8 Å². The number of ether oxygens (including phenoxy) is 1. The van der Waals surface area contributed by atoms with Crippen LogP contribution in [-0.2, 0) is 26.2 Å². The van der Waals surface area contributed by atoms with Gasteiger partial charge in [0, 0.05) is 24.4 Å². The van der Waals surface area contributed by atoms with Gasteiger partial charge >= 0.3 is 5.97 Å². The van der Waals surface area contributed by atoms with E-state index in [1.165, 1.54) is 5.56 Å². The van der Waals surface area contributed by atoms with Crippen LogP contribution in [0.2, 0.25) is 0 Å². The molecule has 4 rings (SSSR count). The second kappa shape index (κ2) is 6.79. The van der Waals surface area contributed by atoms with Crippen LogP contribution in [0.3, 0.4) is 0 Å². The van der Waals surface area contributed by atoms with E-state index >= 15 is 0 Å². The van der Waals surface area contributed by atoms with E-state index in [2.05, 4.69) is 11.5 Å². The van der Waals surface area contributed by atoms with Gasteiger partial charge in [-0.1, -0.05) is 12.1 Å². The maximum Gasteiger partial charge on any atom is 0.316 e. The van der Waals surface area contributed by atoms with Gasteiger partial charge in [0.1, 0.15) is 17.5 Å². The molecule has 1 aliphatic heterocycles. The summed E-state index contributed by atoms with van der Waals surface area (Å²) in [6.45, 7) is 7.67. The molecular weight excluding hydrogens is 342 g/mol. The number of carbonyl (C=O) groups is 2. The van der Waals surface area contributed by atoms with Crippen molar-refractivity contribution in [2.75, 3.05) is 19.7 Å². The minimum Gasteiger partial charge on any atom is -0.508 e. The average molecular weight is 369 g/mol. The van der Waals surface area contributed by atoms with Gasteiger partial charge in [-0.2, -0.15) is 0 Å². The molecule has 1 heterocycles. The molecule has 0 aromatic heterocycles. The fraction of sp³-hybridized carbons (Fsp3) is 0.545. The molecule has 1 saturated heterocycles. The number of aromatic hydroxyl groups is 1. The van der Waals surface area contributed by atoms with Crippen molar-refractivity contribution in [3.8, 4) is 5.75 Å². The molecule has 1 aromatic carbocycles. The Morgan fingerprint density at radius 2 is 2.30 bits per heavy atom. The Bertz CT molecular complexity index is 789. The summed E-state index contributed by atoms with van der Waals surface area (Å²) in [4.78, 5) is 27.8. The number of nitrogens with zero attached hydrogens (tertiary/aromatic N) is 1. The lowest BCUT2D eigenvalue weighted by molar-refractivity contribution is -0.157. The summed E-state index contributed by atoms with van der Waals surface area (Å²) < 4.78 is 5.18. The first kappa shape index (κ1) is 18.2. The largest absolute Gasteiger partial charge is 0.508 e. The zero-order valence-corrected chi connectivity index (χ0v) is 15.8. The van der Waals surface area contributed by atoms with Gasteiger partial charge in [-0.25, -0.2) is 0 Å². The summed E-state index contributed by atoms with van der Waals surface area (Å²) in [6.07, 6.45) is 4.55. The molecule has 144 valence electrons. The lowest BCUT2D eigenvalue weighted by atomic mass is 9.50. The SMILES string of the molecule is C=CCN1CC[C@]23CC(=O)C(C(=O)OCC)C[C@H]2[C@H]1Cc1ccc(O)cc13. The van der Waals surface area contributed by atoms with Crippen LogP contribution in [0.4, 0.5) is 0 Å². The van der Waals surface area contributed by atoms with Crippen molar-refractivity contribution in [2.24, 2.45) is 11.8 Å². The number of likely N-dealkylation sites (tertiary alicyclic amines) is 1. The van der Waals surface area contributed by atoms with Crippen LogP contribution in [0.5, 0.6) is 5.75 Å². The van der Waals surface area contributed by atoms with Gasteiger partial charge in [0.05, 0.1) is 6.61 Å². The van der Waals surface area contributed by atoms with Crippen LogP contribution in [0.15, 0.2) is 30.9 Å². The normalized spacial score (nSPS) is 32.3. The predicted octanol–water partition coefficient (Wildman–Crippen LogP) is 2.60. The third-order valence-corrected chi connectivity index (χ3v) is 6.85. The van der Waals surface area contributed by atoms with Crippen LogP contribution >= 0.6 is 0 Å². The first-order valence-corrected chi connectivity index (χ1v) is 9.87. The Hall–Kier alpha value is -2.14. The molecule has 2 bridgehead atoms. The van der Waals surface area contributed by atoms with E-state index in [0.29, 0.717) is 19.4 Å². The van der Waals surface area contributed by atoms with E-state index in [4.69, 9.17) is 4.74 Å². The highest BCUT2D eigenvalue weighted by atomic mass is 16.5. The van der Waals surface area contributed by atoms with Crippen molar-refractivity contribution >= 4 is 11.8 Å². The molecule has 5 nitrogen and oxygen atoms in total. The van der Waals surface area contributed by atoms with Crippen molar-refractivity contribution in [1.82, 2.24) is 4.90 Å². The maximum atomic E-state index is 13.0. The number of ketones is 1. The second-order valence-corrected chi connectivity index (χ2v) is 8.09. The summed E-state index contributed by atoms with van der Waals surface area (Å²) in [5, 5.41) is 10.1. The first-order valence-electron chi connectivity index (χ1n) is 9.87. The maximum absolute atomic E-state index is 13.0. The number of rotatable bonds is 4. The highest BCUT2D eigenvalue weighted by molar-refractivity contribution is 6.00.